The second kappa shape index (κ2) is 4.96. The van der Waals surface area contributed by atoms with Crippen LogP contribution in [0.1, 0.15) is 36.5 Å². The van der Waals surface area contributed by atoms with Gasteiger partial charge in [-0.3, -0.25) is 0 Å². The van der Waals surface area contributed by atoms with E-state index < -0.39 is 5.97 Å². The summed E-state index contributed by atoms with van der Waals surface area (Å²) in [5.41, 5.74) is 0.773. The topological polar surface area (TPSA) is 49.3 Å². The van der Waals surface area contributed by atoms with Gasteiger partial charge in [-0.05, 0) is 31.4 Å². The average Bonchev–Trinajstić information content (AvgIpc) is 3.00. The number of carbonyl (C=O) groups is 1. The Labute approximate surface area is 106 Å². The van der Waals surface area contributed by atoms with Crippen molar-refractivity contribution in [2.45, 2.75) is 32.2 Å². The third kappa shape index (κ3) is 3.13. The first kappa shape index (κ1) is 12.2. The molecule has 0 saturated heterocycles. The van der Waals surface area contributed by atoms with Crippen molar-refractivity contribution in [2.24, 2.45) is 5.92 Å². The summed E-state index contributed by atoms with van der Waals surface area (Å²) in [6.07, 6.45) is 3.69. The predicted octanol–water partition coefficient (Wildman–Crippen LogP) is 3.64. The molecular formula is C13H16ClNO2. The number of hydrogen-bond acceptors (Lipinski definition) is 2. The molecule has 4 heteroatoms. The Kier molecular flexibility index (Phi) is 3.57. The van der Waals surface area contributed by atoms with Crippen LogP contribution in [0.5, 0.6) is 0 Å². The quantitative estimate of drug-likeness (QED) is 0.842. The van der Waals surface area contributed by atoms with Crippen LogP contribution in [-0.2, 0) is 0 Å². The van der Waals surface area contributed by atoms with E-state index in [1.165, 1.54) is 12.8 Å². The van der Waals surface area contributed by atoms with Gasteiger partial charge in [0.05, 0.1) is 10.7 Å². The lowest BCUT2D eigenvalue weighted by atomic mass is 10.1. The zero-order valence-electron chi connectivity index (χ0n) is 9.74. The normalized spacial score (nSPS) is 16.6. The van der Waals surface area contributed by atoms with Gasteiger partial charge in [-0.2, -0.15) is 0 Å². The Hall–Kier alpha value is -1.22. The number of aromatic carboxylic acids is 1. The molecule has 1 aliphatic carbocycles. The zero-order chi connectivity index (χ0) is 12.4. The summed E-state index contributed by atoms with van der Waals surface area (Å²) in [7, 11) is 0. The summed E-state index contributed by atoms with van der Waals surface area (Å²) >= 11 is 5.91. The Morgan fingerprint density at radius 1 is 1.59 bits per heavy atom. The van der Waals surface area contributed by atoms with Crippen LogP contribution in [0.3, 0.4) is 0 Å². The molecule has 1 aliphatic rings. The van der Waals surface area contributed by atoms with Crippen LogP contribution >= 0.6 is 11.6 Å². The predicted molar refractivity (Wildman–Crippen MR) is 68.8 cm³/mol. The molecule has 0 spiro atoms. The van der Waals surface area contributed by atoms with E-state index in [9.17, 15) is 4.79 Å². The van der Waals surface area contributed by atoms with E-state index in [0.29, 0.717) is 5.69 Å². The van der Waals surface area contributed by atoms with Crippen LogP contribution in [0.25, 0.3) is 0 Å². The second-order valence-corrected chi connectivity index (χ2v) is 5.10. The summed E-state index contributed by atoms with van der Waals surface area (Å²) < 4.78 is 0. The van der Waals surface area contributed by atoms with E-state index >= 15 is 0 Å². The number of hydrogen-bond donors (Lipinski definition) is 2. The third-order valence-electron chi connectivity index (χ3n) is 3.01. The smallest absolute Gasteiger partial charge is 0.339 e. The maximum absolute atomic E-state index is 11.1. The molecule has 2 rings (SSSR count). The highest BCUT2D eigenvalue weighted by Crippen LogP contribution is 2.34. The minimum atomic E-state index is -0.989. The molecule has 0 radical (unpaired) electrons. The average molecular weight is 254 g/mol. The van der Waals surface area contributed by atoms with Crippen molar-refractivity contribution in [2.75, 3.05) is 5.32 Å². The molecule has 0 aliphatic heterocycles. The lowest BCUT2D eigenvalue weighted by molar-refractivity contribution is 0.0698. The van der Waals surface area contributed by atoms with Gasteiger partial charge >= 0.3 is 5.97 Å². The fourth-order valence-electron chi connectivity index (χ4n) is 2.04. The van der Waals surface area contributed by atoms with Gasteiger partial charge in [-0.15, -0.1) is 0 Å². The molecule has 1 atom stereocenters. The molecule has 1 fully saturated rings. The van der Waals surface area contributed by atoms with Crippen LogP contribution in [0, 0.1) is 5.92 Å². The van der Waals surface area contributed by atoms with Crippen LogP contribution in [-0.4, -0.2) is 17.1 Å². The number of carboxylic acids is 1. The summed E-state index contributed by atoms with van der Waals surface area (Å²) in [5, 5.41) is 12.6. The van der Waals surface area contributed by atoms with Crippen molar-refractivity contribution in [3.8, 4) is 0 Å². The Balaban J connectivity index is 2.13. The van der Waals surface area contributed by atoms with Crippen molar-refractivity contribution in [3.05, 3.63) is 28.8 Å². The van der Waals surface area contributed by atoms with Gasteiger partial charge in [0.1, 0.15) is 5.56 Å². The molecule has 92 valence electrons. The molecule has 1 unspecified atom stereocenters. The first-order chi connectivity index (χ1) is 8.08. The van der Waals surface area contributed by atoms with E-state index in [4.69, 9.17) is 16.7 Å². The fourth-order valence-corrected chi connectivity index (χ4v) is 2.30. The van der Waals surface area contributed by atoms with Crippen molar-refractivity contribution in [1.29, 1.82) is 0 Å². The lowest BCUT2D eigenvalue weighted by Gasteiger charge is -2.17. The van der Waals surface area contributed by atoms with Crippen LogP contribution in [0.15, 0.2) is 18.2 Å². The monoisotopic (exact) mass is 253 g/mol. The number of nitrogens with one attached hydrogen (secondary N) is 1. The van der Waals surface area contributed by atoms with Crippen LogP contribution in [0.4, 0.5) is 5.69 Å². The number of rotatable bonds is 5. The number of anilines is 1. The van der Waals surface area contributed by atoms with Gasteiger partial charge in [0.25, 0.3) is 0 Å². The van der Waals surface area contributed by atoms with Crippen LogP contribution in [0.2, 0.25) is 5.02 Å². The number of benzene rings is 1. The van der Waals surface area contributed by atoms with E-state index in [2.05, 4.69) is 12.2 Å². The Bertz CT molecular complexity index is 429. The standard InChI is InChI=1S/C13H16ClNO2/c1-8(7-9-5-6-9)15-11-4-2-3-10(14)12(11)13(16)17/h2-4,8-9,15H,5-7H2,1H3,(H,16,17). The van der Waals surface area contributed by atoms with E-state index in [0.717, 1.165) is 12.3 Å². The second-order valence-electron chi connectivity index (χ2n) is 4.69. The summed E-state index contributed by atoms with van der Waals surface area (Å²) in [6, 6.07) is 5.40. The third-order valence-corrected chi connectivity index (χ3v) is 3.33. The highest BCUT2D eigenvalue weighted by Gasteiger charge is 2.24. The molecule has 0 bridgehead atoms. The Morgan fingerprint density at radius 2 is 2.29 bits per heavy atom. The van der Waals surface area contributed by atoms with Crippen molar-refractivity contribution < 1.29 is 9.90 Å². The van der Waals surface area contributed by atoms with E-state index in [-0.39, 0.29) is 16.6 Å². The maximum atomic E-state index is 11.1. The van der Waals surface area contributed by atoms with Gasteiger partial charge in [-0.25, -0.2) is 4.79 Å². The minimum Gasteiger partial charge on any atom is -0.478 e. The molecule has 1 aromatic carbocycles. The van der Waals surface area contributed by atoms with Crippen LogP contribution < -0.4 is 5.32 Å². The summed E-state index contributed by atoms with van der Waals surface area (Å²) in [4.78, 5) is 11.1. The minimum absolute atomic E-state index is 0.164. The molecular weight excluding hydrogens is 238 g/mol. The highest BCUT2D eigenvalue weighted by molar-refractivity contribution is 6.34. The molecule has 3 nitrogen and oxygen atoms in total. The van der Waals surface area contributed by atoms with E-state index in [1.807, 2.05) is 0 Å². The highest BCUT2D eigenvalue weighted by atomic mass is 35.5. The van der Waals surface area contributed by atoms with Crippen molar-refractivity contribution >= 4 is 23.3 Å². The lowest BCUT2D eigenvalue weighted by Crippen LogP contribution is -2.18. The number of halogens is 1. The van der Waals surface area contributed by atoms with Gasteiger partial charge < -0.3 is 10.4 Å². The molecule has 2 N–H and O–H groups in total. The molecule has 0 heterocycles. The SMILES string of the molecule is CC(CC1CC1)Nc1cccc(Cl)c1C(=O)O. The zero-order valence-corrected chi connectivity index (χ0v) is 10.5. The fraction of sp³-hybridized carbons (Fsp3) is 0.462. The van der Waals surface area contributed by atoms with Crippen molar-refractivity contribution in [3.63, 3.8) is 0 Å². The van der Waals surface area contributed by atoms with Gasteiger partial charge in [0, 0.05) is 6.04 Å². The molecule has 0 aromatic heterocycles. The summed E-state index contributed by atoms with van der Waals surface area (Å²) in [6.45, 7) is 2.07. The first-order valence-electron chi connectivity index (χ1n) is 5.86. The molecule has 0 amide bonds. The number of carboxylic acid groups (broad SMARTS) is 1. The van der Waals surface area contributed by atoms with Gasteiger partial charge in [0.15, 0.2) is 0 Å². The van der Waals surface area contributed by atoms with Crippen molar-refractivity contribution in [1.82, 2.24) is 0 Å². The van der Waals surface area contributed by atoms with E-state index in [1.54, 1.807) is 18.2 Å². The summed E-state index contributed by atoms with van der Waals surface area (Å²) in [5.74, 6) is -0.179. The van der Waals surface area contributed by atoms with Gasteiger partial charge in [0.2, 0.25) is 0 Å². The molecule has 1 aromatic rings. The van der Waals surface area contributed by atoms with Gasteiger partial charge in [-0.1, -0.05) is 30.5 Å². The Morgan fingerprint density at radius 3 is 2.88 bits per heavy atom. The maximum Gasteiger partial charge on any atom is 0.339 e. The molecule has 1 saturated carbocycles. The largest absolute Gasteiger partial charge is 0.478 e. The molecule has 17 heavy (non-hydrogen) atoms. The first-order valence-corrected chi connectivity index (χ1v) is 6.24.